The number of nitrogens with one attached hydrogen (secondary N) is 1. The lowest BCUT2D eigenvalue weighted by atomic mass is 10.1. The van der Waals surface area contributed by atoms with Crippen LogP contribution in [0.4, 0.5) is 4.39 Å². The number of nitrogens with zero attached hydrogens (tertiary/aromatic N) is 1. The smallest absolute Gasteiger partial charge is 0.127 e. The molecule has 0 atom stereocenters. The van der Waals surface area contributed by atoms with Gasteiger partial charge in [0.1, 0.15) is 5.82 Å². The van der Waals surface area contributed by atoms with Gasteiger partial charge < -0.3 is 5.32 Å². The normalized spacial score (nSPS) is 15.3. The van der Waals surface area contributed by atoms with Crippen LogP contribution in [0.25, 0.3) is 0 Å². The van der Waals surface area contributed by atoms with Crippen LogP contribution < -0.4 is 5.32 Å². The van der Waals surface area contributed by atoms with Gasteiger partial charge in [0.2, 0.25) is 0 Å². The predicted octanol–water partition coefficient (Wildman–Crippen LogP) is 3.16. The van der Waals surface area contributed by atoms with Crippen molar-refractivity contribution in [3.63, 3.8) is 0 Å². The van der Waals surface area contributed by atoms with Crippen LogP contribution in [0.1, 0.15) is 21.6 Å². The first-order chi connectivity index (χ1) is 9.76. The number of benzene rings is 1. The van der Waals surface area contributed by atoms with Gasteiger partial charge in [0.25, 0.3) is 0 Å². The molecule has 0 unspecified atom stereocenters. The minimum atomic E-state index is -0.0963. The fourth-order valence-corrected chi connectivity index (χ4v) is 3.64. The second-order valence-corrected chi connectivity index (χ2v) is 6.29. The van der Waals surface area contributed by atoms with E-state index in [2.05, 4.69) is 21.7 Å². The summed E-state index contributed by atoms with van der Waals surface area (Å²) in [6.07, 6.45) is 1.09. The zero-order valence-electron chi connectivity index (χ0n) is 11.7. The Morgan fingerprint density at radius 3 is 3.10 bits per heavy atom. The number of halogens is 1. The van der Waals surface area contributed by atoms with Crippen molar-refractivity contribution in [2.75, 3.05) is 13.6 Å². The summed E-state index contributed by atoms with van der Waals surface area (Å²) in [6, 6.07) is 7.61. The number of fused-ring (bicyclic) bond motifs is 1. The molecule has 0 radical (unpaired) electrons. The van der Waals surface area contributed by atoms with Crippen molar-refractivity contribution in [2.24, 2.45) is 0 Å². The first kappa shape index (κ1) is 13.7. The van der Waals surface area contributed by atoms with E-state index in [4.69, 9.17) is 0 Å². The lowest BCUT2D eigenvalue weighted by molar-refractivity contribution is 0.244. The molecule has 3 rings (SSSR count). The van der Waals surface area contributed by atoms with Crippen molar-refractivity contribution in [1.82, 2.24) is 10.2 Å². The Balaban J connectivity index is 1.73. The summed E-state index contributed by atoms with van der Waals surface area (Å²) in [5, 5.41) is 5.26. The Morgan fingerprint density at radius 2 is 2.25 bits per heavy atom. The minimum absolute atomic E-state index is 0.0963. The Bertz CT molecular complexity index is 594. The van der Waals surface area contributed by atoms with Gasteiger partial charge in [-0.25, -0.2) is 4.39 Å². The lowest BCUT2D eigenvalue weighted by Crippen LogP contribution is -2.29. The van der Waals surface area contributed by atoms with E-state index < -0.39 is 0 Å². The van der Waals surface area contributed by atoms with Crippen molar-refractivity contribution in [3.8, 4) is 0 Å². The summed E-state index contributed by atoms with van der Waals surface area (Å²) in [7, 11) is 1.91. The van der Waals surface area contributed by atoms with E-state index in [0.29, 0.717) is 6.54 Å². The highest BCUT2D eigenvalue weighted by atomic mass is 32.1. The highest BCUT2D eigenvalue weighted by Crippen LogP contribution is 2.25. The van der Waals surface area contributed by atoms with Gasteiger partial charge in [-0.1, -0.05) is 12.1 Å². The van der Waals surface area contributed by atoms with E-state index in [1.807, 2.05) is 30.5 Å². The maximum Gasteiger partial charge on any atom is 0.127 e. The first-order valence-electron chi connectivity index (χ1n) is 6.96. The van der Waals surface area contributed by atoms with Crippen molar-refractivity contribution >= 4 is 11.3 Å². The summed E-state index contributed by atoms with van der Waals surface area (Å²) in [5.41, 5.74) is 3.35. The fraction of sp³-hybridized carbons (Fsp3) is 0.375. The van der Waals surface area contributed by atoms with Crippen LogP contribution in [0.2, 0.25) is 0 Å². The molecule has 4 heteroatoms. The number of hydrogen-bond acceptors (Lipinski definition) is 3. The molecular formula is C16H19FN2S. The Labute approximate surface area is 123 Å². The Kier molecular flexibility index (Phi) is 4.15. The maximum absolute atomic E-state index is 14.0. The molecule has 2 aromatic rings. The molecule has 0 saturated heterocycles. The molecule has 1 aromatic heterocycles. The summed E-state index contributed by atoms with van der Waals surface area (Å²) < 4.78 is 14.0. The summed E-state index contributed by atoms with van der Waals surface area (Å²) >= 11 is 1.84. The van der Waals surface area contributed by atoms with Crippen molar-refractivity contribution in [1.29, 1.82) is 0 Å². The average molecular weight is 290 g/mol. The van der Waals surface area contributed by atoms with Crippen LogP contribution in [0.3, 0.4) is 0 Å². The lowest BCUT2D eigenvalue weighted by Gasteiger charge is -2.27. The van der Waals surface area contributed by atoms with Gasteiger partial charge in [0.05, 0.1) is 0 Å². The fourth-order valence-electron chi connectivity index (χ4n) is 2.75. The van der Waals surface area contributed by atoms with Crippen molar-refractivity contribution in [2.45, 2.75) is 26.1 Å². The van der Waals surface area contributed by atoms with Gasteiger partial charge in [-0.2, -0.15) is 0 Å². The van der Waals surface area contributed by atoms with Gasteiger partial charge in [-0.3, -0.25) is 4.90 Å². The average Bonchev–Trinajstić information content (AvgIpc) is 2.90. The quantitative estimate of drug-likeness (QED) is 0.930. The van der Waals surface area contributed by atoms with E-state index in [-0.39, 0.29) is 5.82 Å². The number of thiophene rings is 1. The maximum atomic E-state index is 14.0. The minimum Gasteiger partial charge on any atom is -0.316 e. The van der Waals surface area contributed by atoms with E-state index >= 15 is 0 Å². The van der Waals surface area contributed by atoms with Gasteiger partial charge >= 0.3 is 0 Å². The van der Waals surface area contributed by atoms with Crippen molar-refractivity contribution in [3.05, 3.63) is 57.0 Å². The third-order valence-corrected chi connectivity index (χ3v) is 4.79. The second kappa shape index (κ2) is 6.04. The first-order valence-corrected chi connectivity index (χ1v) is 7.83. The number of rotatable bonds is 4. The van der Waals surface area contributed by atoms with Crippen LogP contribution in [0.15, 0.2) is 29.6 Å². The van der Waals surface area contributed by atoms with E-state index in [1.165, 1.54) is 10.4 Å². The second-order valence-electron chi connectivity index (χ2n) is 5.29. The van der Waals surface area contributed by atoms with Gasteiger partial charge in [-0.15, -0.1) is 11.3 Å². The third-order valence-electron chi connectivity index (χ3n) is 3.77. The number of hydrogen-bond donors (Lipinski definition) is 1. The molecule has 1 aromatic carbocycles. The van der Waals surface area contributed by atoms with Crippen LogP contribution in [-0.4, -0.2) is 18.5 Å². The van der Waals surface area contributed by atoms with E-state index in [0.717, 1.165) is 37.2 Å². The van der Waals surface area contributed by atoms with Gasteiger partial charge in [0.15, 0.2) is 0 Å². The summed E-state index contributed by atoms with van der Waals surface area (Å²) in [5.74, 6) is -0.0963. The molecule has 2 heterocycles. The monoisotopic (exact) mass is 290 g/mol. The molecule has 20 heavy (non-hydrogen) atoms. The molecule has 2 nitrogen and oxygen atoms in total. The molecule has 0 fully saturated rings. The molecule has 1 N–H and O–H groups in total. The topological polar surface area (TPSA) is 15.3 Å². The highest BCUT2D eigenvalue weighted by molar-refractivity contribution is 7.10. The third kappa shape index (κ3) is 2.92. The molecule has 106 valence electrons. The largest absolute Gasteiger partial charge is 0.316 e. The van der Waals surface area contributed by atoms with E-state index in [1.54, 1.807) is 6.07 Å². The standard InChI is InChI=1S/C16H19FN2S/c1-18-9-12-2-3-15(17)14(8-12)11-19-6-4-16-13(10-19)5-7-20-16/h2-3,5,7-8,18H,4,6,9-11H2,1H3. The molecule has 1 aliphatic rings. The Hall–Kier alpha value is -1.23. The van der Waals surface area contributed by atoms with E-state index in [9.17, 15) is 4.39 Å². The highest BCUT2D eigenvalue weighted by Gasteiger charge is 2.18. The molecule has 1 aliphatic heterocycles. The summed E-state index contributed by atoms with van der Waals surface area (Å²) in [4.78, 5) is 3.82. The SMILES string of the molecule is CNCc1ccc(F)c(CN2CCc3sccc3C2)c1. The molecule has 0 amide bonds. The zero-order valence-corrected chi connectivity index (χ0v) is 12.5. The Morgan fingerprint density at radius 1 is 1.35 bits per heavy atom. The molecule has 0 aliphatic carbocycles. The predicted molar refractivity (Wildman–Crippen MR) is 81.3 cm³/mol. The molecule has 0 saturated carbocycles. The molecule has 0 spiro atoms. The summed E-state index contributed by atoms with van der Waals surface area (Å²) in [6.45, 7) is 3.43. The van der Waals surface area contributed by atoms with Crippen LogP contribution in [0.5, 0.6) is 0 Å². The van der Waals surface area contributed by atoms with Gasteiger partial charge in [0, 0.05) is 36.6 Å². The van der Waals surface area contributed by atoms with Crippen LogP contribution >= 0.6 is 11.3 Å². The van der Waals surface area contributed by atoms with Gasteiger partial charge in [-0.05, 0) is 42.1 Å². The zero-order chi connectivity index (χ0) is 13.9. The molecular weight excluding hydrogens is 271 g/mol. The molecule has 0 bridgehead atoms. The van der Waals surface area contributed by atoms with Crippen LogP contribution in [-0.2, 0) is 26.1 Å². The van der Waals surface area contributed by atoms with Crippen molar-refractivity contribution < 1.29 is 4.39 Å². The van der Waals surface area contributed by atoms with Crippen LogP contribution in [0, 0.1) is 5.82 Å².